The zero-order valence-corrected chi connectivity index (χ0v) is 15.1. The number of ether oxygens (including phenoxy) is 2. The number of benzene rings is 2. The molecule has 5 heteroatoms. The van der Waals surface area contributed by atoms with E-state index >= 15 is 0 Å². The molecule has 0 unspecified atom stereocenters. The summed E-state index contributed by atoms with van der Waals surface area (Å²) in [6, 6.07) is 12.7. The molecule has 0 bridgehead atoms. The molecular weight excluding hydrogens is 345 g/mol. The highest BCUT2D eigenvalue weighted by molar-refractivity contribution is 5.83. The van der Waals surface area contributed by atoms with Crippen LogP contribution in [0.25, 0.3) is 0 Å². The van der Waals surface area contributed by atoms with Gasteiger partial charge in [0.1, 0.15) is 19.0 Å². The maximum Gasteiger partial charge on any atom is 0.226 e. The van der Waals surface area contributed by atoms with Gasteiger partial charge in [0.25, 0.3) is 0 Å². The lowest BCUT2D eigenvalue weighted by Crippen LogP contribution is -2.32. The first-order valence-corrected chi connectivity index (χ1v) is 9.66. The average Bonchev–Trinajstić information content (AvgIpc) is 3.35. The van der Waals surface area contributed by atoms with E-state index in [1.165, 1.54) is 12.1 Å². The van der Waals surface area contributed by atoms with Crippen LogP contribution in [0.3, 0.4) is 0 Å². The Morgan fingerprint density at radius 3 is 2.56 bits per heavy atom. The lowest BCUT2D eigenvalue weighted by Gasteiger charge is -2.27. The highest BCUT2D eigenvalue weighted by atomic mass is 19.1. The van der Waals surface area contributed by atoms with Crippen LogP contribution in [0.4, 0.5) is 4.39 Å². The van der Waals surface area contributed by atoms with E-state index in [1.54, 1.807) is 12.1 Å². The highest BCUT2D eigenvalue weighted by Gasteiger charge is 2.47. The van der Waals surface area contributed by atoms with Crippen molar-refractivity contribution in [2.45, 2.75) is 31.2 Å². The monoisotopic (exact) mass is 367 g/mol. The molecule has 2 fully saturated rings. The van der Waals surface area contributed by atoms with E-state index in [-0.39, 0.29) is 29.6 Å². The standard InChI is InChI=1S/C22H22FNO3/c23-16-6-3-14(4-7-16)17-13-18(17)22(25)24-9-1-2-19(24)15-5-8-20-21(12-15)27-11-10-26-20/h3-8,12,17-19H,1-2,9-11,13H2/t17-,18+,19+/m0/s1. The van der Waals surface area contributed by atoms with Crippen LogP contribution >= 0.6 is 0 Å². The Balaban J connectivity index is 1.33. The predicted molar refractivity (Wildman–Crippen MR) is 98.4 cm³/mol. The minimum Gasteiger partial charge on any atom is -0.486 e. The molecule has 1 saturated heterocycles. The number of rotatable bonds is 3. The molecule has 0 radical (unpaired) electrons. The van der Waals surface area contributed by atoms with E-state index < -0.39 is 0 Å². The fourth-order valence-electron chi connectivity index (χ4n) is 4.40. The summed E-state index contributed by atoms with van der Waals surface area (Å²) in [4.78, 5) is 15.2. The van der Waals surface area contributed by atoms with Crippen LogP contribution in [0.5, 0.6) is 11.5 Å². The molecule has 0 N–H and O–H groups in total. The Kier molecular flexibility index (Phi) is 4.03. The third kappa shape index (κ3) is 3.05. The summed E-state index contributed by atoms with van der Waals surface area (Å²) in [7, 11) is 0. The fourth-order valence-corrected chi connectivity index (χ4v) is 4.40. The van der Waals surface area contributed by atoms with Crippen molar-refractivity contribution in [1.82, 2.24) is 4.90 Å². The van der Waals surface area contributed by atoms with Crippen molar-refractivity contribution in [3.05, 3.63) is 59.4 Å². The van der Waals surface area contributed by atoms with Gasteiger partial charge in [-0.1, -0.05) is 18.2 Å². The third-order valence-electron chi connectivity index (χ3n) is 5.89. The van der Waals surface area contributed by atoms with Gasteiger partial charge in [0.15, 0.2) is 11.5 Å². The molecule has 3 atom stereocenters. The van der Waals surface area contributed by atoms with Crippen molar-refractivity contribution in [3.63, 3.8) is 0 Å². The molecule has 1 aliphatic carbocycles. The van der Waals surface area contributed by atoms with Gasteiger partial charge < -0.3 is 14.4 Å². The molecule has 2 aliphatic heterocycles. The Bertz CT molecular complexity index is 866. The molecule has 2 aromatic rings. The minimum absolute atomic E-state index is 0.0215. The number of nitrogens with zero attached hydrogens (tertiary/aromatic N) is 1. The van der Waals surface area contributed by atoms with Gasteiger partial charge in [-0.2, -0.15) is 0 Å². The van der Waals surface area contributed by atoms with Gasteiger partial charge >= 0.3 is 0 Å². The van der Waals surface area contributed by atoms with Crippen molar-refractivity contribution >= 4 is 5.91 Å². The molecule has 140 valence electrons. The summed E-state index contributed by atoms with van der Waals surface area (Å²) in [5, 5.41) is 0. The van der Waals surface area contributed by atoms with Crippen molar-refractivity contribution in [1.29, 1.82) is 0 Å². The number of fused-ring (bicyclic) bond motifs is 1. The number of amides is 1. The van der Waals surface area contributed by atoms with Gasteiger partial charge in [0.2, 0.25) is 5.91 Å². The van der Waals surface area contributed by atoms with Crippen LogP contribution in [0.15, 0.2) is 42.5 Å². The van der Waals surface area contributed by atoms with E-state index in [4.69, 9.17) is 9.47 Å². The second-order valence-electron chi connectivity index (χ2n) is 7.59. The van der Waals surface area contributed by atoms with Crippen LogP contribution in [-0.2, 0) is 4.79 Å². The minimum atomic E-state index is -0.236. The average molecular weight is 367 g/mol. The largest absolute Gasteiger partial charge is 0.486 e. The molecule has 1 amide bonds. The molecule has 2 aromatic carbocycles. The first-order chi connectivity index (χ1) is 13.2. The molecule has 0 spiro atoms. The van der Waals surface area contributed by atoms with E-state index in [0.717, 1.165) is 48.4 Å². The molecule has 27 heavy (non-hydrogen) atoms. The van der Waals surface area contributed by atoms with Crippen molar-refractivity contribution < 1.29 is 18.7 Å². The molecular formula is C22H22FNO3. The van der Waals surface area contributed by atoms with Crippen LogP contribution in [0.2, 0.25) is 0 Å². The smallest absolute Gasteiger partial charge is 0.226 e. The lowest BCUT2D eigenvalue weighted by molar-refractivity contribution is -0.133. The van der Waals surface area contributed by atoms with E-state index in [0.29, 0.717) is 13.2 Å². The summed E-state index contributed by atoms with van der Waals surface area (Å²) in [5.41, 5.74) is 2.17. The highest BCUT2D eigenvalue weighted by Crippen LogP contribution is 2.50. The second kappa shape index (κ2) is 6.55. The zero-order valence-electron chi connectivity index (χ0n) is 15.1. The van der Waals surface area contributed by atoms with Crippen molar-refractivity contribution in [2.75, 3.05) is 19.8 Å². The number of likely N-dealkylation sites (tertiary alicyclic amines) is 1. The molecule has 0 aromatic heterocycles. The quantitative estimate of drug-likeness (QED) is 0.821. The first-order valence-electron chi connectivity index (χ1n) is 9.66. The zero-order chi connectivity index (χ0) is 18.4. The number of hydrogen-bond donors (Lipinski definition) is 0. The van der Waals surface area contributed by atoms with Gasteiger partial charge in [-0.15, -0.1) is 0 Å². The van der Waals surface area contributed by atoms with Gasteiger partial charge in [-0.25, -0.2) is 4.39 Å². The lowest BCUT2D eigenvalue weighted by atomic mass is 10.0. The topological polar surface area (TPSA) is 38.8 Å². The molecule has 3 aliphatic rings. The predicted octanol–water partition coefficient (Wildman–Crippen LogP) is 4.06. The van der Waals surface area contributed by atoms with Gasteiger partial charge in [-0.3, -0.25) is 4.79 Å². The van der Waals surface area contributed by atoms with E-state index in [9.17, 15) is 9.18 Å². The Hall–Kier alpha value is -2.56. The number of hydrogen-bond acceptors (Lipinski definition) is 3. The molecule has 1 saturated carbocycles. The first kappa shape index (κ1) is 16.6. The second-order valence-corrected chi connectivity index (χ2v) is 7.59. The fraction of sp³-hybridized carbons (Fsp3) is 0.409. The normalized spacial score (nSPS) is 26.1. The van der Waals surface area contributed by atoms with Gasteiger partial charge in [-0.05, 0) is 60.6 Å². The maximum absolute atomic E-state index is 13.1. The molecule has 4 nitrogen and oxygen atoms in total. The molecule has 5 rings (SSSR count). The van der Waals surface area contributed by atoms with Crippen LogP contribution < -0.4 is 9.47 Å². The number of halogens is 1. The summed E-state index contributed by atoms with van der Waals surface area (Å²) in [6.45, 7) is 1.93. The van der Waals surface area contributed by atoms with E-state index in [2.05, 4.69) is 0 Å². The SMILES string of the molecule is O=C([C@@H]1C[C@H]1c1ccc(F)cc1)N1CCC[C@@H]1c1ccc2c(c1)OCCO2. The summed E-state index contributed by atoms with van der Waals surface area (Å²) >= 11 is 0. The summed E-state index contributed by atoms with van der Waals surface area (Å²) in [5.74, 6) is 1.78. The number of carbonyl (C=O) groups is 1. The van der Waals surface area contributed by atoms with Crippen molar-refractivity contribution in [3.8, 4) is 11.5 Å². The summed E-state index contributed by atoms with van der Waals surface area (Å²) in [6.07, 6.45) is 2.84. The third-order valence-corrected chi connectivity index (χ3v) is 5.89. The number of carbonyl (C=O) groups excluding carboxylic acids is 1. The summed E-state index contributed by atoms with van der Waals surface area (Å²) < 4.78 is 24.4. The van der Waals surface area contributed by atoms with Crippen molar-refractivity contribution in [2.24, 2.45) is 5.92 Å². The van der Waals surface area contributed by atoms with E-state index in [1.807, 2.05) is 23.1 Å². The molecule has 2 heterocycles. The maximum atomic E-state index is 13.1. The Morgan fingerprint density at radius 1 is 1.00 bits per heavy atom. The van der Waals surface area contributed by atoms with Crippen LogP contribution in [0, 0.1) is 11.7 Å². The van der Waals surface area contributed by atoms with Gasteiger partial charge in [0, 0.05) is 12.5 Å². The van der Waals surface area contributed by atoms with Crippen LogP contribution in [0.1, 0.15) is 42.3 Å². The Morgan fingerprint density at radius 2 is 1.74 bits per heavy atom. The van der Waals surface area contributed by atoms with Crippen LogP contribution in [-0.4, -0.2) is 30.6 Å². The van der Waals surface area contributed by atoms with Gasteiger partial charge in [0.05, 0.1) is 6.04 Å². The Labute approximate surface area is 157 Å².